The van der Waals surface area contributed by atoms with Crippen molar-refractivity contribution in [2.75, 3.05) is 29.1 Å². The Morgan fingerprint density at radius 3 is 2.74 bits per heavy atom. The Bertz CT molecular complexity index is 571. The van der Waals surface area contributed by atoms with Gasteiger partial charge in [0, 0.05) is 6.54 Å². The lowest BCUT2D eigenvalue weighted by molar-refractivity contribution is 0.250. The van der Waals surface area contributed by atoms with Crippen molar-refractivity contribution in [2.45, 2.75) is 6.42 Å². The fourth-order valence-corrected chi connectivity index (χ4v) is 3.91. The van der Waals surface area contributed by atoms with Crippen LogP contribution in [0.1, 0.15) is 6.42 Å². The van der Waals surface area contributed by atoms with Crippen molar-refractivity contribution in [2.24, 2.45) is 5.92 Å². The van der Waals surface area contributed by atoms with E-state index >= 15 is 0 Å². The SMILES string of the molecule is Nc1ccccc1NC(=O)NCC1CCS(=O)(=O)C1. The van der Waals surface area contributed by atoms with Gasteiger partial charge in [-0.25, -0.2) is 13.2 Å². The van der Waals surface area contributed by atoms with Crippen LogP contribution in [0, 0.1) is 5.92 Å². The Kier molecular flexibility index (Phi) is 3.94. The molecule has 0 aromatic heterocycles. The molecule has 1 aliphatic rings. The number of hydrogen-bond acceptors (Lipinski definition) is 4. The van der Waals surface area contributed by atoms with Crippen LogP contribution in [0.4, 0.5) is 16.2 Å². The molecule has 7 heteroatoms. The number of carbonyl (C=O) groups is 1. The van der Waals surface area contributed by atoms with Crippen molar-refractivity contribution in [1.29, 1.82) is 0 Å². The first kappa shape index (κ1) is 13.7. The Balaban J connectivity index is 1.81. The number of para-hydroxylation sites is 2. The summed E-state index contributed by atoms with van der Waals surface area (Å²) in [7, 11) is -2.90. The Morgan fingerprint density at radius 2 is 2.11 bits per heavy atom. The van der Waals surface area contributed by atoms with Crippen molar-refractivity contribution in [3.8, 4) is 0 Å². The first-order valence-electron chi connectivity index (χ1n) is 6.06. The highest BCUT2D eigenvalue weighted by Gasteiger charge is 2.27. The Morgan fingerprint density at radius 1 is 1.37 bits per heavy atom. The van der Waals surface area contributed by atoms with Gasteiger partial charge in [0.15, 0.2) is 9.84 Å². The lowest BCUT2D eigenvalue weighted by Gasteiger charge is -2.12. The highest BCUT2D eigenvalue weighted by molar-refractivity contribution is 7.91. The van der Waals surface area contributed by atoms with Crippen molar-refractivity contribution in [3.63, 3.8) is 0 Å². The van der Waals surface area contributed by atoms with Crippen LogP contribution in [0.25, 0.3) is 0 Å². The molecule has 0 bridgehead atoms. The second kappa shape index (κ2) is 5.48. The Labute approximate surface area is 112 Å². The molecule has 104 valence electrons. The van der Waals surface area contributed by atoms with Crippen molar-refractivity contribution < 1.29 is 13.2 Å². The summed E-state index contributed by atoms with van der Waals surface area (Å²) in [5.74, 6) is 0.372. The predicted octanol–water partition coefficient (Wildman–Crippen LogP) is 0.825. The predicted molar refractivity (Wildman–Crippen MR) is 74.6 cm³/mol. The van der Waals surface area contributed by atoms with Crippen molar-refractivity contribution in [3.05, 3.63) is 24.3 Å². The molecule has 19 heavy (non-hydrogen) atoms. The molecule has 1 aromatic carbocycles. The van der Waals surface area contributed by atoms with Crippen LogP contribution in [0.5, 0.6) is 0 Å². The lowest BCUT2D eigenvalue weighted by Crippen LogP contribution is -2.33. The zero-order valence-corrected chi connectivity index (χ0v) is 11.2. The number of benzene rings is 1. The number of sulfone groups is 1. The number of anilines is 2. The number of rotatable bonds is 3. The minimum Gasteiger partial charge on any atom is -0.397 e. The minimum atomic E-state index is -2.90. The maximum atomic E-state index is 11.7. The van der Waals surface area contributed by atoms with Gasteiger partial charge in [-0.3, -0.25) is 0 Å². The number of nitrogens with one attached hydrogen (secondary N) is 2. The summed E-state index contributed by atoms with van der Waals surface area (Å²) >= 11 is 0. The molecule has 2 rings (SSSR count). The lowest BCUT2D eigenvalue weighted by atomic mass is 10.1. The molecule has 0 spiro atoms. The van der Waals surface area contributed by atoms with Crippen LogP contribution in [0.15, 0.2) is 24.3 Å². The number of nitrogens with two attached hydrogens (primary N) is 1. The second-order valence-electron chi connectivity index (χ2n) is 4.69. The Hall–Kier alpha value is -1.76. The first-order chi connectivity index (χ1) is 8.96. The molecule has 1 unspecified atom stereocenters. The smallest absolute Gasteiger partial charge is 0.319 e. The van der Waals surface area contributed by atoms with Gasteiger partial charge in [-0.1, -0.05) is 12.1 Å². The quantitative estimate of drug-likeness (QED) is 0.715. The zero-order valence-electron chi connectivity index (χ0n) is 10.4. The van der Waals surface area contributed by atoms with E-state index in [-0.39, 0.29) is 23.5 Å². The van der Waals surface area contributed by atoms with Crippen LogP contribution in [-0.2, 0) is 9.84 Å². The van der Waals surface area contributed by atoms with E-state index in [9.17, 15) is 13.2 Å². The highest BCUT2D eigenvalue weighted by Crippen LogP contribution is 2.18. The van der Waals surface area contributed by atoms with Gasteiger partial charge < -0.3 is 16.4 Å². The number of carbonyl (C=O) groups excluding carboxylic acids is 1. The van der Waals surface area contributed by atoms with Crippen molar-refractivity contribution in [1.82, 2.24) is 5.32 Å². The van der Waals surface area contributed by atoms with Crippen LogP contribution >= 0.6 is 0 Å². The van der Waals surface area contributed by atoms with Gasteiger partial charge in [-0.2, -0.15) is 0 Å². The minimum absolute atomic E-state index is 0.00358. The maximum Gasteiger partial charge on any atom is 0.319 e. The summed E-state index contributed by atoms with van der Waals surface area (Å²) in [6, 6.07) is 6.58. The van der Waals surface area contributed by atoms with Gasteiger partial charge in [0.25, 0.3) is 0 Å². The molecule has 1 saturated heterocycles. The largest absolute Gasteiger partial charge is 0.397 e. The van der Waals surface area contributed by atoms with E-state index in [1.807, 2.05) is 0 Å². The standard InChI is InChI=1S/C12H17N3O3S/c13-10-3-1-2-4-11(10)15-12(16)14-7-9-5-6-19(17,18)8-9/h1-4,9H,5-8,13H2,(H2,14,15,16). The molecule has 0 aliphatic carbocycles. The first-order valence-corrected chi connectivity index (χ1v) is 7.88. The summed E-state index contributed by atoms with van der Waals surface area (Å²) in [4.78, 5) is 11.7. The van der Waals surface area contributed by atoms with E-state index in [0.717, 1.165) is 0 Å². The van der Waals surface area contributed by atoms with E-state index < -0.39 is 9.84 Å². The van der Waals surface area contributed by atoms with E-state index in [0.29, 0.717) is 24.3 Å². The van der Waals surface area contributed by atoms with Gasteiger partial charge in [-0.15, -0.1) is 0 Å². The van der Waals surface area contributed by atoms with Crippen LogP contribution < -0.4 is 16.4 Å². The van der Waals surface area contributed by atoms with Gasteiger partial charge >= 0.3 is 6.03 Å². The van der Waals surface area contributed by atoms with Crippen molar-refractivity contribution >= 4 is 27.2 Å². The number of hydrogen-bond donors (Lipinski definition) is 3. The number of urea groups is 1. The molecule has 4 N–H and O–H groups in total. The summed E-state index contributed by atoms with van der Waals surface area (Å²) < 4.78 is 22.6. The molecule has 0 radical (unpaired) electrons. The summed E-state index contributed by atoms with van der Waals surface area (Å²) in [5.41, 5.74) is 6.73. The van der Waals surface area contributed by atoms with E-state index in [1.165, 1.54) is 0 Å². The molecule has 1 heterocycles. The maximum absolute atomic E-state index is 11.7. The number of amides is 2. The number of nitrogen functional groups attached to an aromatic ring is 1. The third-order valence-electron chi connectivity index (χ3n) is 3.09. The monoisotopic (exact) mass is 283 g/mol. The van der Waals surface area contributed by atoms with Crippen LogP contribution in [0.3, 0.4) is 0 Å². The van der Waals surface area contributed by atoms with Gasteiger partial charge in [0.05, 0.1) is 22.9 Å². The summed E-state index contributed by atoms with van der Waals surface area (Å²) in [6.45, 7) is 0.359. The second-order valence-corrected chi connectivity index (χ2v) is 6.92. The fourth-order valence-electron chi connectivity index (χ4n) is 2.05. The molecular weight excluding hydrogens is 266 g/mol. The van der Waals surface area contributed by atoms with E-state index in [1.54, 1.807) is 24.3 Å². The summed E-state index contributed by atoms with van der Waals surface area (Å²) in [5, 5.41) is 5.30. The third-order valence-corrected chi connectivity index (χ3v) is 4.92. The van der Waals surface area contributed by atoms with Gasteiger partial charge in [0.1, 0.15) is 0 Å². The molecule has 6 nitrogen and oxygen atoms in total. The third kappa shape index (κ3) is 3.85. The molecule has 1 fully saturated rings. The van der Waals surface area contributed by atoms with E-state index in [4.69, 9.17) is 5.73 Å². The van der Waals surface area contributed by atoms with Gasteiger partial charge in [0.2, 0.25) is 0 Å². The molecular formula is C12H17N3O3S. The highest BCUT2D eigenvalue weighted by atomic mass is 32.2. The van der Waals surface area contributed by atoms with Crippen LogP contribution in [0.2, 0.25) is 0 Å². The fraction of sp³-hybridized carbons (Fsp3) is 0.417. The average Bonchev–Trinajstić information content (AvgIpc) is 2.69. The molecule has 1 aromatic rings. The molecule has 0 saturated carbocycles. The molecule has 1 aliphatic heterocycles. The zero-order chi connectivity index (χ0) is 13.9. The van der Waals surface area contributed by atoms with E-state index in [2.05, 4.69) is 10.6 Å². The summed E-state index contributed by atoms with van der Waals surface area (Å²) in [6.07, 6.45) is 0.607. The normalized spacial score (nSPS) is 20.9. The van der Waals surface area contributed by atoms with Crippen LogP contribution in [-0.4, -0.2) is 32.5 Å². The molecule has 1 atom stereocenters. The molecule has 2 amide bonds. The van der Waals surface area contributed by atoms with Gasteiger partial charge in [-0.05, 0) is 24.5 Å². The topological polar surface area (TPSA) is 101 Å². The average molecular weight is 283 g/mol.